The van der Waals surface area contributed by atoms with Gasteiger partial charge in [-0.15, -0.1) is 11.3 Å². The molecule has 6 nitrogen and oxygen atoms in total. The number of rotatable bonds is 5. The fourth-order valence-corrected chi connectivity index (χ4v) is 3.35. The fourth-order valence-electron chi connectivity index (χ4n) is 2.32. The molecule has 0 spiro atoms. The Bertz CT molecular complexity index is 863. The third-order valence-corrected chi connectivity index (χ3v) is 5.02. The molecule has 1 aromatic carbocycles. The molecule has 0 aliphatic carbocycles. The van der Waals surface area contributed by atoms with Gasteiger partial charge in [0, 0.05) is 23.7 Å². The second-order valence-electron chi connectivity index (χ2n) is 6.15. The van der Waals surface area contributed by atoms with Crippen LogP contribution >= 0.6 is 22.9 Å². The summed E-state index contributed by atoms with van der Waals surface area (Å²) >= 11 is 7.32. The number of benzene rings is 1. The van der Waals surface area contributed by atoms with Gasteiger partial charge in [0.05, 0.1) is 9.21 Å². The summed E-state index contributed by atoms with van der Waals surface area (Å²) in [4.78, 5) is 30.4. The maximum absolute atomic E-state index is 12.4. The van der Waals surface area contributed by atoms with Crippen LogP contribution in [0.1, 0.15) is 25.1 Å². The van der Waals surface area contributed by atoms with Crippen molar-refractivity contribution in [3.05, 3.63) is 45.6 Å². The molecule has 0 radical (unpaired) electrons. The van der Waals surface area contributed by atoms with Gasteiger partial charge in [-0.05, 0) is 30.3 Å². The van der Waals surface area contributed by atoms with Crippen LogP contribution in [0.5, 0.6) is 0 Å². The highest BCUT2D eigenvalue weighted by molar-refractivity contribution is 7.18. The number of nitrogens with zero attached hydrogens (tertiary/aromatic N) is 1. The molecule has 0 saturated carbocycles. The maximum atomic E-state index is 12.4. The summed E-state index contributed by atoms with van der Waals surface area (Å²) in [5.41, 5.74) is 1.91. The lowest BCUT2D eigenvalue weighted by molar-refractivity contribution is -0.125. The predicted molar refractivity (Wildman–Crippen MR) is 104 cm³/mol. The highest BCUT2D eigenvalue weighted by Gasteiger charge is 2.29. The number of oxime groups is 1. The van der Waals surface area contributed by atoms with Gasteiger partial charge in [-0.3, -0.25) is 9.59 Å². The summed E-state index contributed by atoms with van der Waals surface area (Å²) < 4.78 is 0.663. The molecule has 1 atom stereocenters. The first-order valence-electron chi connectivity index (χ1n) is 8.12. The van der Waals surface area contributed by atoms with Crippen LogP contribution in [0.15, 0.2) is 41.6 Å². The second-order valence-corrected chi connectivity index (χ2v) is 7.87. The maximum Gasteiger partial charge on any atom is 0.268 e. The summed E-state index contributed by atoms with van der Waals surface area (Å²) in [6, 6.07) is 10.6. The Balaban J connectivity index is 1.60. The van der Waals surface area contributed by atoms with Crippen molar-refractivity contribution in [2.24, 2.45) is 11.1 Å². The molecule has 1 aromatic heterocycles. The molecule has 3 rings (SSSR count). The molecule has 0 bridgehead atoms. The Kier molecular flexibility index (Phi) is 5.58. The van der Waals surface area contributed by atoms with Gasteiger partial charge in [-0.25, -0.2) is 0 Å². The first kappa shape index (κ1) is 18.4. The van der Waals surface area contributed by atoms with Crippen LogP contribution in [0.25, 0.3) is 0 Å². The van der Waals surface area contributed by atoms with Crippen LogP contribution in [-0.4, -0.2) is 23.6 Å². The van der Waals surface area contributed by atoms with Gasteiger partial charge in [-0.1, -0.05) is 36.7 Å². The molecule has 2 N–H and O–H groups in total. The fraction of sp³-hybridized carbons (Fsp3) is 0.278. The topological polar surface area (TPSA) is 79.8 Å². The smallest absolute Gasteiger partial charge is 0.268 e. The van der Waals surface area contributed by atoms with E-state index in [1.54, 1.807) is 30.3 Å². The van der Waals surface area contributed by atoms with Crippen LogP contribution in [0.2, 0.25) is 4.34 Å². The van der Waals surface area contributed by atoms with Crippen LogP contribution in [0.3, 0.4) is 0 Å². The van der Waals surface area contributed by atoms with Gasteiger partial charge in [0.2, 0.25) is 12.0 Å². The average Bonchev–Trinajstić information content (AvgIpc) is 3.24. The van der Waals surface area contributed by atoms with Crippen LogP contribution in [0, 0.1) is 5.92 Å². The van der Waals surface area contributed by atoms with Crippen molar-refractivity contribution >= 4 is 51.8 Å². The number of thiophene rings is 1. The minimum Gasteiger partial charge on any atom is -0.382 e. The van der Waals surface area contributed by atoms with E-state index in [1.807, 2.05) is 19.9 Å². The van der Waals surface area contributed by atoms with Gasteiger partial charge >= 0.3 is 0 Å². The van der Waals surface area contributed by atoms with Crippen molar-refractivity contribution in [1.29, 1.82) is 0 Å². The largest absolute Gasteiger partial charge is 0.382 e. The quantitative estimate of drug-likeness (QED) is 0.804. The van der Waals surface area contributed by atoms with E-state index in [2.05, 4.69) is 15.8 Å². The van der Waals surface area contributed by atoms with E-state index >= 15 is 0 Å². The molecule has 0 saturated heterocycles. The first-order valence-corrected chi connectivity index (χ1v) is 9.32. The molecule has 26 heavy (non-hydrogen) atoms. The molecular formula is C18H18ClN3O3S. The molecule has 8 heteroatoms. The lowest BCUT2D eigenvalue weighted by atomic mass is 10.1. The predicted octanol–water partition coefficient (Wildman–Crippen LogP) is 4.13. The summed E-state index contributed by atoms with van der Waals surface area (Å²) in [6.45, 7) is 3.63. The summed E-state index contributed by atoms with van der Waals surface area (Å²) in [5, 5.41) is 9.58. The van der Waals surface area contributed by atoms with E-state index in [1.165, 1.54) is 11.3 Å². The second kappa shape index (κ2) is 7.88. The lowest BCUT2D eigenvalue weighted by Gasteiger charge is -2.12. The number of nitrogens with one attached hydrogen (secondary N) is 2. The van der Waals surface area contributed by atoms with Crippen LogP contribution < -0.4 is 10.6 Å². The van der Waals surface area contributed by atoms with Gasteiger partial charge in [0.1, 0.15) is 5.71 Å². The molecular weight excluding hydrogens is 374 g/mol. The van der Waals surface area contributed by atoms with Gasteiger partial charge in [0.25, 0.3) is 5.91 Å². The number of halogens is 1. The van der Waals surface area contributed by atoms with E-state index < -0.39 is 6.10 Å². The minimum absolute atomic E-state index is 0.0831. The number of hydrogen-bond donors (Lipinski definition) is 2. The van der Waals surface area contributed by atoms with Crippen molar-refractivity contribution in [3.63, 3.8) is 0 Å². The minimum atomic E-state index is -0.695. The van der Waals surface area contributed by atoms with Crippen molar-refractivity contribution in [2.45, 2.75) is 26.4 Å². The zero-order valence-corrected chi connectivity index (χ0v) is 15.9. The first-order chi connectivity index (χ1) is 12.4. The summed E-state index contributed by atoms with van der Waals surface area (Å²) in [7, 11) is 0. The van der Waals surface area contributed by atoms with Gasteiger partial charge < -0.3 is 15.5 Å². The third-order valence-electron chi connectivity index (χ3n) is 3.74. The highest BCUT2D eigenvalue weighted by Crippen LogP contribution is 2.27. The number of hydrogen-bond acceptors (Lipinski definition) is 5. The zero-order valence-electron chi connectivity index (χ0n) is 14.3. The zero-order chi connectivity index (χ0) is 18.7. The molecule has 1 unspecified atom stereocenters. The Morgan fingerprint density at radius 1 is 1.23 bits per heavy atom. The van der Waals surface area contributed by atoms with Crippen molar-refractivity contribution < 1.29 is 14.4 Å². The molecule has 1 aliphatic rings. The van der Waals surface area contributed by atoms with Crippen molar-refractivity contribution in [3.8, 4) is 0 Å². The third kappa shape index (κ3) is 4.42. The molecule has 136 valence electrons. The Labute approximate surface area is 160 Å². The number of amides is 2. The molecule has 2 aromatic rings. The van der Waals surface area contributed by atoms with E-state index in [4.69, 9.17) is 16.4 Å². The Morgan fingerprint density at radius 2 is 1.96 bits per heavy atom. The van der Waals surface area contributed by atoms with Crippen molar-refractivity contribution in [1.82, 2.24) is 0 Å². The number of carbonyl (C=O) groups excluding carboxylic acids is 2. The average molecular weight is 392 g/mol. The van der Waals surface area contributed by atoms with Crippen LogP contribution in [0.4, 0.5) is 11.4 Å². The van der Waals surface area contributed by atoms with E-state index in [0.29, 0.717) is 27.8 Å². The summed E-state index contributed by atoms with van der Waals surface area (Å²) in [6.07, 6.45) is -0.313. The number of anilines is 2. The molecule has 2 amide bonds. The van der Waals surface area contributed by atoms with E-state index in [9.17, 15) is 9.59 Å². The monoisotopic (exact) mass is 391 g/mol. The van der Waals surface area contributed by atoms with Gasteiger partial charge in [-0.2, -0.15) is 0 Å². The van der Waals surface area contributed by atoms with E-state index in [-0.39, 0.29) is 17.7 Å². The molecule has 0 fully saturated rings. The number of carbonyl (C=O) groups is 2. The van der Waals surface area contributed by atoms with Crippen LogP contribution in [-0.2, 0) is 14.4 Å². The molecule has 2 heterocycles. The Hall–Kier alpha value is -2.38. The SMILES string of the molecule is CC(C)C(=O)Nc1cccc(NC(=O)C2CC(c3ccc(Cl)s3)=NO2)c1. The Morgan fingerprint density at radius 3 is 2.62 bits per heavy atom. The molecule has 1 aliphatic heterocycles. The standard InChI is InChI=1S/C18H18ClN3O3S/c1-10(2)17(23)20-11-4-3-5-12(8-11)21-18(24)14-9-13(22-25-14)15-6-7-16(19)26-15/h3-8,10,14H,9H2,1-2H3,(H,20,23)(H,21,24). The summed E-state index contributed by atoms with van der Waals surface area (Å²) in [5.74, 6) is -0.500. The normalized spacial score (nSPS) is 16.2. The van der Waals surface area contributed by atoms with Gasteiger partial charge in [0.15, 0.2) is 0 Å². The van der Waals surface area contributed by atoms with Crippen molar-refractivity contribution in [2.75, 3.05) is 10.6 Å². The highest BCUT2D eigenvalue weighted by atomic mass is 35.5. The lowest BCUT2D eigenvalue weighted by Crippen LogP contribution is -2.28. The van der Waals surface area contributed by atoms with E-state index in [0.717, 1.165) is 4.88 Å².